The summed E-state index contributed by atoms with van der Waals surface area (Å²) in [5.41, 5.74) is 1.10. The van der Waals surface area contributed by atoms with Gasteiger partial charge in [-0.2, -0.15) is 0 Å². The van der Waals surface area contributed by atoms with Crippen molar-refractivity contribution < 1.29 is 9.50 Å². The lowest BCUT2D eigenvalue weighted by Crippen LogP contribution is -2.29. The number of halogens is 1. The second-order valence-electron chi connectivity index (χ2n) is 4.80. The van der Waals surface area contributed by atoms with Gasteiger partial charge in [0.25, 0.3) is 0 Å². The van der Waals surface area contributed by atoms with E-state index in [2.05, 4.69) is 5.32 Å². The second kappa shape index (κ2) is 5.61. The van der Waals surface area contributed by atoms with E-state index in [1.165, 1.54) is 6.07 Å². The Morgan fingerprint density at radius 2 is 2.06 bits per heavy atom. The summed E-state index contributed by atoms with van der Waals surface area (Å²) in [5, 5.41) is 12.2. The molecule has 0 spiro atoms. The summed E-state index contributed by atoms with van der Waals surface area (Å²) in [6, 6.07) is 6.89. The van der Waals surface area contributed by atoms with Crippen LogP contribution in [-0.2, 0) is 5.54 Å². The van der Waals surface area contributed by atoms with Gasteiger partial charge in [0, 0.05) is 12.1 Å². The summed E-state index contributed by atoms with van der Waals surface area (Å²) in [4.78, 5) is 0. The molecule has 0 heterocycles. The largest absolute Gasteiger partial charge is 0.396 e. The maximum Gasteiger partial charge on any atom is 0.123 e. The molecule has 3 heteroatoms. The normalized spacial score (nSPS) is 17.1. The van der Waals surface area contributed by atoms with Gasteiger partial charge in [0.05, 0.1) is 0 Å². The van der Waals surface area contributed by atoms with E-state index < -0.39 is 0 Å². The number of aliphatic hydroxyl groups excluding tert-OH is 1. The van der Waals surface area contributed by atoms with Crippen molar-refractivity contribution >= 4 is 0 Å². The fourth-order valence-corrected chi connectivity index (χ4v) is 2.22. The average molecular weight is 237 g/mol. The molecular formula is C14H20FNO. The maximum absolute atomic E-state index is 13.2. The van der Waals surface area contributed by atoms with Crippen molar-refractivity contribution in [1.82, 2.24) is 5.32 Å². The van der Waals surface area contributed by atoms with Crippen molar-refractivity contribution in [3.63, 3.8) is 0 Å². The highest BCUT2D eigenvalue weighted by Crippen LogP contribution is 2.45. The van der Waals surface area contributed by atoms with Gasteiger partial charge in [-0.3, -0.25) is 0 Å². The van der Waals surface area contributed by atoms with E-state index in [4.69, 9.17) is 5.11 Å². The number of hydrogen-bond donors (Lipinski definition) is 2. The van der Waals surface area contributed by atoms with Crippen LogP contribution in [0.1, 0.15) is 37.7 Å². The Labute approximate surface area is 102 Å². The zero-order valence-corrected chi connectivity index (χ0v) is 10.1. The Kier molecular flexibility index (Phi) is 4.13. The van der Waals surface area contributed by atoms with Crippen LogP contribution in [0.25, 0.3) is 0 Å². The van der Waals surface area contributed by atoms with Crippen molar-refractivity contribution in [2.45, 2.75) is 37.6 Å². The molecule has 0 radical (unpaired) electrons. The van der Waals surface area contributed by atoms with Gasteiger partial charge in [-0.25, -0.2) is 4.39 Å². The molecule has 0 aliphatic heterocycles. The Bertz CT molecular complexity index is 363. The van der Waals surface area contributed by atoms with E-state index in [-0.39, 0.29) is 18.0 Å². The van der Waals surface area contributed by atoms with Crippen molar-refractivity contribution in [3.05, 3.63) is 35.6 Å². The molecule has 1 aliphatic carbocycles. The molecule has 0 saturated heterocycles. The average Bonchev–Trinajstić information content (AvgIpc) is 3.10. The maximum atomic E-state index is 13.2. The zero-order chi connectivity index (χ0) is 12.1. The third-order valence-electron chi connectivity index (χ3n) is 3.43. The van der Waals surface area contributed by atoms with Crippen LogP contribution in [0.5, 0.6) is 0 Å². The molecule has 17 heavy (non-hydrogen) atoms. The molecule has 1 aromatic carbocycles. The Morgan fingerprint density at radius 1 is 1.24 bits per heavy atom. The van der Waals surface area contributed by atoms with Gasteiger partial charge in [-0.15, -0.1) is 0 Å². The first kappa shape index (κ1) is 12.5. The molecule has 0 unspecified atom stereocenters. The predicted molar refractivity (Wildman–Crippen MR) is 66.3 cm³/mol. The molecule has 1 aliphatic rings. The first-order chi connectivity index (χ1) is 8.27. The highest BCUT2D eigenvalue weighted by Gasteiger charge is 2.43. The summed E-state index contributed by atoms with van der Waals surface area (Å²) >= 11 is 0. The van der Waals surface area contributed by atoms with Gasteiger partial charge < -0.3 is 10.4 Å². The standard InChI is InChI=1S/C14H20FNO/c15-13-6-4-5-12(11-13)14(7-8-14)16-9-2-1-3-10-17/h4-6,11,16-17H,1-3,7-10H2. The van der Waals surface area contributed by atoms with Gasteiger partial charge in [0.2, 0.25) is 0 Å². The SMILES string of the molecule is OCCCCCNC1(c2cccc(F)c2)CC1. The van der Waals surface area contributed by atoms with Crippen molar-refractivity contribution in [2.75, 3.05) is 13.2 Å². The van der Waals surface area contributed by atoms with E-state index in [0.29, 0.717) is 0 Å². The minimum atomic E-state index is -0.157. The van der Waals surface area contributed by atoms with Gasteiger partial charge in [-0.05, 0) is 56.3 Å². The molecule has 1 fully saturated rings. The Morgan fingerprint density at radius 3 is 2.71 bits per heavy atom. The van der Waals surface area contributed by atoms with Crippen LogP contribution in [0.4, 0.5) is 4.39 Å². The van der Waals surface area contributed by atoms with Gasteiger partial charge >= 0.3 is 0 Å². The number of aliphatic hydroxyl groups is 1. The molecule has 2 N–H and O–H groups in total. The number of hydrogen-bond acceptors (Lipinski definition) is 2. The quantitative estimate of drug-likeness (QED) is 0.714. The van der Waals surface area contributed by atoms with Crippen LogP contribution in [-0.4, -0.2) is 18.3 Å². The molecule has 0 aromatic heterocycles. The van der Waals surface area contributed by atoms with E-state index in [1.807, 2.05) is 6.07 Å². The van der Waals surface area contributed by atoms with Crippen LogP contribution >= 0.6 is 0 Å². The zero-order valence-electron chi connectivity index (χ0n) is 10.1. The molecular weight excluding hydrogens is 217 g/mol. The fourth-order valence-electron chi connectivity index (χ4n) is 2.22. The van der Waals surface area contributed by atoms with E-state index in [1.54, 1.807) is 12.1 Å². The smallest absolute Gasteiger partial charge is 0.123 e. The summed E-state index contributed by atoms with van der Waals surface area (Å²) in [5.74, 6) is -0.157. The van der Waals surface area contributed by atoms with E-state index in [9.17, 15) is 4.39 Å². The van der Waals surface area contributed by atoms with Crippen LogP contribution < -0.4 is 5.32 Å². The molecule has 1 saturated carbocycles. The molecule has 0 amide bonds. The molecule has 0 bridgehead atoms. The number of unbranched alkanes of at least 4 members (excludes halogenated alkanes) is 2. The topological polar surface area (TPSA) is 32.3 Å². The molecule has 0 atom stereocenters. The van der Waals surface area contributed by atoms with Gasteiger partial charge in [0.15, 0.2) is 0 Å². The van der Waals surface area contributed by atoms with Gasteiger partial charge in [-0.1, -0.05) is 12.1 Å². The molecule has 2 rings (SSSR count). The highest BCUT2D eigenvalue weighted by atomic mass is 19.1. The van der Waals surface area contributed by atoms with E-state index in [0.717, 1.165) is 44.2 Å². The number of benzene rings is 1. The highest BCUT2D eigenvalue weighted by molar-refractivity contribution is 5.30. The minimum Gasteiger partial charge on any atom is -0.396 e. The van der Waals surface area contributed by atoms with E-state index >= 15 is 0 Å². The molecule has 1 aromatic rings. The first-order valence-electron chi connectivity index (χ1n) is 6.39. The third kappa shape index (κ3) is 3.27. The third-order valence-corrected chi connectivity index (χ3v) is 3.43. The summed E-state index contributed by atoms with van der Waals surface area (Å²) < 4.78 is 13.2. The van der Waals surface area contributed by atoms with Crippen molar-refractivity contribution in [1.29, 1.82) is 0 Å². The monoisotopic (exact) mass is 237 g/mol. The molecule has 94 valence electrons. The number of rotatable bonds is 7. The minimum absolute atomic E-state index is 0.0291. The lowest BCUT2D eigenvalue weighted by atomic mass is 10.0. The Hall–Kier alpha value is -0.930. The van der Waals surface area contributed by atoms with Crippen LogP contribution in [0, 0.1) is 5.82 Å². The summed E-state index contributed by atoms with van der Waals surface area (Å²) in [6.45, 7) is 1.21. The van der Waals surface area contributed by atoms with Crippen LogP contribution in [0.3, 0.4) is 0 Å². The van der Waals surface area contributed by atoms with Gasteiger partial charge in [0.1, 0.15) is 5.82 Å². The van der Waals surface area contributed by atoms with Crippen LogP contribution in [0.15, 0.2) is 24.3 Å². The summed E-state index contributed by atoms with van der Waals surface area (Å²) in [6.07, 6.45) is 5.17. The fraction of sp³-hybridized carbons (Fsp3) is 0.571. The molecule has 2 nitrogen and oxygen atoms in total. The summed E-state index contributed by atoms with van der Waals surface area (Å²) in [7, 11) is 0. The lowest BCUT2D eigenvalue weighted by molar-refractivity contribution is 0.282. The number of nitrogens with one attached hydrogen (secondary N) is 1. The van der Waals surface area contributed by atoms with Crippen LogP contribution in [0.2, 0.25) is 0 Å². The predicted octanol–water partition coefficient (Wildman–Crippen LogP) is 2.57. The first-order valence-corrected chi connectivity index (χ1v) is 6.39. The van der Waals surface area contributed by atoms with Crippen molar-refractivity contribution in [3.8, 4) is 0 Å². The van der Waals surface area contributed by atoms with Crippen molar-refractivity contribution in [2.24, 2.45) is 0 Å². The second-order valence-corrected chi connectivity index (χ2v) is 4.80. The Balaban J connectivity index is 1.83. The lowest BCUT2D eigenvalue weighted by Gasteiger charge is -2.18.